The number of alkyl halides is 1. The van der Waals surface area contributed by atoms with Gasteiger partial charge in [0.1, 0.15) is 5.75 Å². The summed E-state index contributed by atoms with van der Waals surface area (Å²) in [6.07, 6.45) is 0. The van der Waals surface area contributed by atoms with E-state index in [9.17, 15) is 0 Å². The Kier molecular flexibility index (Phi) is 5.48. The number of hydrogen-bond acceptors (Lipinski definition) is 1. The summed E-state index contributed by atoms with van der Waals surface area (Å²) in [6, 6.07) is 14.3. The molecule has 0 radical (unpaired) electrons. The van der Waals surface area contributed by atoms with E-state index in [-0.39, 0.29) is 4.83 Å². The molecule has 0 spiro atoms. The standard InChI is InChI=1S/C15H13Br3O/c1-2-19-12-6-3-10(4-7-12)15(18)13-9-11(16)5-8-14(13)17/h3-9,15H,2H2,1H3. The van der Waals surface area contributed by atoms with Crippen molar-refractivity contribution in [3.8, 4) is 5.75 Å². The van der Waals surface area contributed by atoms with Crippen molar-refractivity contribution >= 4 is 47.8 Å². The summed E-state index contributed by atoms with van der Waals surface area (Å²) >= 11 is 10.9. The number of hydrogen-bond donors (Lipinski definition) is 0. The molecule has 100 valence electrons. The second-order valence-corrected chi connectivity index (χ2v) is 6.72. The first-order valence-corrected chi connectivity index (χ1v) is 8.43. The van der Waals surface area contributed by atoms with Gasteiger partial charge in [0.25, 0.3) is 0 Å². The van der Waals surface area contributed by atoms with Crippen LogP contribution in [0.2, 0.25) is 0 Å². The molecule has 2 aromatic rings. The van der Waals surface area contributed by atoms with E-state index in [4.69, 9.17) is 4.74 Å². The molecule has 1 atom stereocenters. The highest BCUT2D eigenvalue weighted by molar-refractivity contribution is 9.11. The Morgan fingerprint density at radius 2 is 1.74 bits per heavy atom. The molecule has 0 heterocycles. The summed E-state index contributed by atoms with van der Waals surface area (Å²) in [4.78, 5) is 0.148. The molecule has 0 fully saturated rings. The Bertz CT molecular complexity index is 552. The zero-order valence-corrected chi connectivity index (χ0v) is 15.1. The van der Waals surface area contributed by atoms with Crippen LogP contribution in [0.25, 0.3) is 0 Å². The molecule has 2 aromatic carbocycles. The molecule has 0 saturated heterocycles. The second-order valence-electron chi connectivity index (χ2n) is 4.03. The first kappa shape index (κ1) is 15.1. The average Bonchev–Trinajstić information content (AvgIpc) is 2.42. The van der Waals surface area contributed by atoms with E-state index >= 15 is 0 Å². The van der Waals surface area contributed by atoms with Crippen LogP contribution < -0.4 is 4.74 Å². The number of rotatable bonds is 4. The lowest BCUT2D eigenvalue weighted by molar-refractivity contribution is 0.340. The highest BCUT2D eigenvalue weighted by Crippen LogP contribution is 2.37. The molecule has 2 rings (SSSR count). The minimum atomic E-state index is 0.148. The van der Waals surface area contributed by atoms with Crippen molar-refractivity contribution < 1.29 is 4.74 Å². The molecule has 0 saturated carbocycles. The molecule has 0 amide bonds. The Morgan fingerprint density at radius 3 is 2.37 bits per heavy atom. The Balaban J connectivity index is 2.27. The van der Waals surface area contributed by atoms with Gasteiger partial charge in [0, 0.05) is 8.95 Å². The van der Waals surface area contributed by atoms with Crippen LogP contribution >= 0.6 is 47.8 Å². The summed E-state index contributed by atoms with van der Waals surface area (Å²) in [5.41, 5.74) is 2.39. The average molecular weight is 449 g/mol. The van der Waals surface area contributed by atoms with Crippen molar-refractivity contribution in [2.24, 2.45) is 0 Å². The van der Waals surface area contributed by atoms with Crippen LogP contribution in [-0.2, 0) is 0 Å². The third kappa shape index (κ3) is 3.83. The molecular weight excluding hydrogens is 436 g/mol. The fourth-order valence-electron chi connectivity index (χ4n) is 1.79. The van der Waals surface area contributed by atoms with Crippen molar-refractivity contribution in [1.82, 2.24) is 0 Å². The SMILES string of the molecule is CCOc1ccc(C(Br)c2cc(Br)ccc2Br)cc1. The molecule has 0 N–H and O–H groups in total. The van der Waals surface area contributed by atoms with Gasteiger partial charge in [-0.25, -0.2) is 0 Å². The van der Waals surface area contributed by atoms with Crippen molar-refractivity contribution in [3.05, 3.63) is 62.5 Å². The lowest BCUT2D eigenvalue weighted by Gasteiger charge is -2.14. The van der Waals surface area contributed by atoms with Gasteiger partial charge in [-0.15, -0.1) is 0 Å². The van der Waals surface area contributed by atoms with Gasteiger partial charge in [0.05, 0.1) is 11.4 Å². The maximum absolute atomic E-state index is 5.46. The predicted molar refractivity (Wildman–Crippen MR) is 90.2 cm³/mol. The highest BCUT2D eigenvalue weighted by Gasteiger charge is 2.14. The minimum Gasteiger partial charge on any atom is -0.494 e. The fraction of sp³-hybridized carbons (Fsp3) is 0.200. The Hall–Kier alpha value is -0.320. The van der Waals surface area contributed by atoms with Crippen LogP contribution in [0.4, 0.5) is 0 Å². The number of ether oxygens (including phenoxy) is 1. The lowest BCUT2D eigenvalue weighted by Crippen LogP contribution is -1.96. The molecule has 4 heteroatoms. The molecule has 19 heavy (non-hydrogen) atoms. The van der Waals surface area contributed by atoms with E-state index in [1.54, 1.807) is 0 Å². The molecule has 0 aliphatic rings. The summed E-state index contributed by atoms with van der Waals surface area (Å²) in [6.45, 7) is 2.67. The second kappa shape index (κ2) is 6.91. The van der Waals surface area contributed by atoms with E-state index in [1.165, 1.54) is 11.1 Å². The predicted octanol–water partition coefficient (Wildman–Crippen LogP) is 6.09. The molecular formula is C15H13Br3O. The normalized spacial score (nSPS) is 12.2. The topological polar surface area (TPSA) is 9.23 Å². The molecule has 0 aliphatic carbocycles. The van der Waals surface area contributed by atoms with Crippen molar-refractivity contribution in [2.75, 3.05) is 6.61 Å². The monoisotopic (exact) mass is 446 g/mol. The minimum absolute atomic E-state index is 0.148. The summed E-state index contributed by atoms with van der Waals surface area (Å²) < 4.78 is 7.62. The first-order chi connectivity index (χ1) is 9.11. The lowest BCUT2D eigenvalue weighted by atomic mass is 10.0. The van der Waals surface area contributed by atoms with Gasteiger partial charge in [0.15, 0.2) is 0 Å². The van der Waals surface area contributed by atoms with Crippen molar-refractivity contribution in [3.63, 3.8) is 0 Å². The zero-order chi connectivity index (χ0) is 13.8. The summed E-state index contributed by atoms with van der Waals surface area (Å²) in [5, 5.41) is 0. The number of halogens is 3. The smallest absolute Gasteiger partial charge is 0.119 e. The van der Waals surface area contributed by atoms with Gasteiger partial charge < -0.3 is 4.74 Å². The molecule has 0 aliphatic heterocycles. The van der Waals surface area contributed by atoms with E-state index in [2.05, 4.69) is 66.0 Å². The van der Waals surface area contributed by atoms with Crippen LogP contribution in [0, 0.1) is 0 Å². The third-order valence-corrected chi connectivity index (χ3v) is 4.95. The maximum Gasteiger partial charge on any atom is 0.119 e. The zero-order valence-electron chi connectivity index (χ0n) is 10.4. The van der Waals surface area contributed by atoms with Crippen LogP contribution in [0.15, 0.2) is 51.4 Å². The van der Waals surface area contributed by atoms with Crippen LogP contribution in [0.5, 0.6) is 5.75 Å². The van der Waals surface area contributed by atoms with Crippen molar-refractivity contribution in [1.29, 1.82) is 0 Å². The van der Waals surface area contributed by atoms with Crippen LogP contribution in [0.3, 0.4) is 0 Å². The quantitative estimate of drug-likeness (QED) is 0.514. The van der Waals surface area contributed by atoms with Crippen LogP contribution in [0.1, 0.15) is 22.9 Å². The largest absolute Gasteiger partial charge is 0.494 e. The third-order valence-electron chi connectivity index (χ3n) is 2.71. The Labute approximate surface area is 138 Å². The molecule has 0 aromatic heterocycles. The first-order valence-electron chi connectivity index (χ1n) is 5.93. The Morgan fingerprint density at radius 1 is 1.05 bits per heavy atom. The fourth-order valence-corrected chi connectivity index (χ4v) is 3.63. The molecule has 1 unspecified atom stereocenters. The van der Waals surface area contributed by atoms with Crippen molar-refractivity contribution in [2.45, 2.75) is 11.8 Å². The summed E-state index contributed by atoms with van der Waals surface area (Å²) in [5.74, 6) is 0.902. The maximum atomic E-state index is 5.46. The van der Waals surface area contributed by atoms with Gasteiger partial charge in [0.2, 0.25) is 0 Å². The van der Waals surface area contributed by atoms with Crippen LogP contribution in [-0.4, -0.2) is 6.61 Å². The number of benzene rings is 2. The molecule has 1 nitrogen and oxygen atoms in total. The van der Waals surface area contributed by atoms with Gasteiger partial charge >= 0.3 is 0 Å². The highest BCUT2D eigenvalue weighted by atomic mass is 79.9. The van der Waals surface area contributed by atoms with E-state index in [1.807, 2.05) is 31.2 Å². The van der Waals surface area contributed by atoms with E-state index in [0.29, 0.717) is 6.61 Å². The van der Waals surface area contributed by atoms with Gasteiger partial charge in [-0.2, -0.15) is 0 Å². The summed E-state index contributed by atoms with van der Waals surface area (Å²) in [7, 11) is 0. The van der Waals surface area contributed by atoms with Gasteiger partial charge in [-0.3, -0.25) is 0 Å². The molecule has 0 bridgehead atoms. The van der Waals surface area contributed by atoms with Gasteiger partial charge in [-0.05, 0) is 48.4 Å². The van der Waals surface area contributed by atoms with E-state index < -0.39 is 0 Å². The van der Waals surface area contributed by atoms with Gasteiger partial charge in [-0.1, -0.05) is 59.9 Å². The van der Waals surface area contributed by atoms with E-state index in [0.717, 1.165) is 14.7 Å².